The number of anilines is 1. The largest absolute Gasteiger partial charge is 0.507 e. The van der Waals surface area contributed by atoms with Gasteiger partial charge in [-0.2, -0.15) is 0 Å². The highest BCUT2D eigenvalue weighted by molar-refractivity contribution is 9.10. The molecule has 0 unspecified atom stereocenters. The number of phenols is 1. The zero-order valence-electron chi connectivity index (χ0n) is 12.7. The Morgan fingerprint density at radius 1 is 1.12 bits per heavy atom. The summed E-state index contributed by atoms with van der Waals surface area (Å²) in [6.45, 7) is 0.948. The maximum atomic E-state index is 11.9. The van der Waals surface area contributed by atoms with Gasteiger partial charge in [0.25, 0.3) is 5.91 Å². The number of esters is 1. The normalized spacial score (nSPS) is 10.1. The van der Waals surface area contributed by atoms with Gasteiger partial charge >= 0.3 is 5.97 Å². The molecule has 124 valence electrons. The van der Waals surface area contributed by atoms with Crippen molar-refractivity contribution in [3.8, 4) is 5.75 Å². The second-order valence-electron chi connectivity index (χ2n) is 4.92. The highest BCUT2D eigenvalue weighted by atomic mass is 79.9. The number of ketones is 1. The number of phenolic OH excluding ortho intramolecular Hbond substituents is 1. The summed E-state index contributed by atoms with van der Waals surface area (Å²) in [6, 6.07) is 10.6. The molecule has 0 heterocycles. The van der Waals surface area contributed by atoms with Crippen molar-refractivity contribution in [2.45, 2.75) is 6.92 Å². The van der Waals surface area contributed by atoms with Gasteiger partial charge in [0, 0.05) is 15.7 Å². The fourth-order valence-electron chi connectivity index (χ4n) is 1.87. The standard InChI is InChI=1S/C17H14BrNO5/c1-10(20)11-2-5-13(6-3-11)19-16(22)9-24-17(23)14-8-12(18)4-7-15(14)21/h2-8,21H,9H2,1H3,(H,19,22). The number of nitrogens with one attached hydrogen (secondary N) is 1. The van der Waals surface area contributed by atoms with E-state index < -0.39 is 18.5 Å². The van der Waals surface area contributed by atoms with Crippen LogP contribution in [0.5, 0.6) is 5.75 Å². The molecule has 0 saturated carbocycles. The van der Waals surface area contributed by atoms with Crippen LogP contribution in [0.25, 0.3) is 0 Å². The molecule has 0 saturated heterocycles. The lowest BCUT2D eigenvalue weighted by Gasteiger charge is -2.08. The average Bonchev–Trinajstić information content (AvgIpc) is 2.55. The first-order valence-electron chi connectivity index (χ1n) is 6.93. The molecule has 0 radical (unpaired) electrons. The predicted octanol–water partition coefficient (Wildman–Crippen LogP) is 3.15. The van der Waals surface area contributed by atoms with E-state index in [2.05, 4.69) is 21.2 Å². The summed E-state index contributed by atoms with van der Waals surface area (Å²) in [7, 11) is 0. The van der Waals surface area contributed by atoms with Gasteiger partial charge in [-0.05, 0) is 49.4 Å². The van der Waals surface area contributed by atoms with Crippen LogP contribution in [-0.4, -0.2) is 29.4 Å². The van der Waals surface area contributed by atoms with Crippen molar-refractivity contribution in [2.24, 2.45) is 0 Å². The van der Waals surface area contributed by atoms with Crippen LogP contribution in [0.3, 0.4) is 0 Å². The predicted molar refractivity (Wildman–Crippen MR) is 91.2 cm³/mol. The minimum Gasteiger partial charge on any atom is -0.507 e. The van der Waals surface area contributed by atoms with Gasteiger partial charge in [-0.1, -0.05) is 15.9 Å². The minimum absolute atomic E-state index is 0.0389. The molecule has 2 aromatic rings. The van der Waals surface area contributed by atoms with Crippen LogP contribution in [0.2, 0.25) is 0 Å². The van der Waals surface area contributed by atoms with Gasteiger partial charge in [0.15, 0.2) is 12.4 Å². The molecule has 0 aliphatic heterocycles. The molecule has 24 heavy (non-hydrogen) atoms. The summed E-state index contributed by atoms with van der Waals surface area (Å²) in [5.74, 6) is -1.65. The number of benzene rings is 2. The molecule has 0 atom stereocenters. The van der Waals surface area contributed by atoms with E-state index >= 15 is 0 Å². The quantitative estimate of drug-likeness (QED) is 0.603. The molecule has 0 spiro atoms. The lowest BCUT2D eigenvalue weighted by Crippen LogP contribution is -2.21. The molecular formula is C17H14BrNO5. The number of amides is 1. The maximum absolute atomic E-state index is 11.9. The summed E-state index contributed by atoms with van der Waals surface area (Å²) in [5, 5.41) is 12.2. The van der Waals surface area contributed by atoms with Gasteiger partial charge in [0.05, 0.1) is 0 Å². The van der Waals surface area contributed by atoms with Crippen molar-refractivity contribution in [1.82, 2.24) is 0 Å². The number of hydrogen-bond donors (Lipinski definition) is 2. The van der Waals surface area contributed by atoms with Gasteiger partial charge in [-0.3, -0.25) is 9.59 Å². The molecule has 2 aromatic carbocycles. The number of rotatable bonds is 5. The number of ether oxygens (including phenoxy) is 1. The van der Waals surface area contributed by atoms with Crippen LogP contribution >= 0.6 is 15.9 Å². The van der Waals surface area contributed by atoms with Gasteiger partial charge in [0.2, 0.25) is 0 Å². The second kappa shape index (κ2) is 7.74. The number of hydrogen-bond acceptors (Lipinski definition) is 5. The molecule has 7 heteroatoms. The van der Waals surface area contributed by atoms with E-state index in [9.17, 15) is 19.5 Å². The van der Waals surface area contributed by atoms with Crippen molar-refractivity contribution >= 4 is 39.3 Å². The molecule has 0 aliphatic rings. The Hall–Kier alpha value is -2.67. The third-order valence-corrected chi connectivity index (χ3v) is 3.58. The fraction of sp³-hybridized carbons (Fsp3) is 0.118. The first-order chi connectivity index (χ1) is 11.4. The SMILES string of the molecule is CC(=O)c1ccc(NC(=O)COC(=O)c2cc(Br)ccc2O)cc1. The van der Waals surface area contributed by atoms with E-state index in [0.717, 1.165) is 0 Å². The Bertz CT molecular complexity index is 786. The monoisotopic (exact) mass is 391 g/mol. The highest BCUT2D eigenvalue weighted by Crippen LogP contribution is 2.22. The summed E-state index contributed by atoms with van der Waals surface area (Å²) in [6.07, 6.45) is 0. The van der Waals surface area contributed by atoms with Crippen molar-refractivity contribution in [3.63, 3.8) is 0 Å². The number of aromatic hydroxyl groups is 1. The Morgan fingerprint density at radius 2 is 1.79 bits per heavy atom. The second-order valence-corrected chi connectivity index (χ2v) is 5.83. The van der Waals surface area contributed by atoms with E-state index in [1.165, 1.54) is 19.1 Å². The zero-order chi connectivity index (χ0) is 17.7. The van der Waals surface area contributed by atoms with Gasteiger partial charge < -0.3 is 15.2 Å². The molecule has 2 rings (SSSR count). The third kappa shape index (κ3) is 4.66. The lowest BCUT2D eigenvalue weighted by atomic mass is 10.1. The minimum atomic E-state index is -0.809. The number of carbonyl (C=O) groups excluding carboxylic acids is 3. The van der Waals surface area contributed by atoms with E-state index in [-0.39, 0.29) is 17.1 Å². The molecule has 2 N–H and O–H groups in total. The van der Waals surface area contributed by atoms with Crippen molar-refractivity contribution in [2.75, 3.05) is 11.9 Å². The summed E-state index contributed by atoms with van der Waals surface area (Å²) in [5.41, 5.74) is 0.971. The van der Waals surface area contributed by atoms with Gasteiger partial charge in [-0.15, -0.1) is 0 Å². The Kier molecular flexibility index (Phi) is 5.70. The molecule has 0 fully saturated rings. The number of carbonyl (C=O) groups is 3. The van der Waals surface area contributed by atoms with Crippen molar-refractivity contribution in [3.05, 3.63) is 58.1 Å². The maximum Gasteiger partial charge on any atom is 0.342 e. The zero-order valence-corrected chi connectivity index (χ0v) is 14.3. The van der Waals surface area contributed by atoms with E-state index in [0.29, 0.717) is 15.7 Å². The first kappa shape index (κ1) is 17.7. The third-order valence-electron chi connectivity index (χ3n) is 3.09. The smallest absolute Gasteiger partial charge is 0.342 e. The fourth-order valence-corrected chi connectivity index (χ4v) is 2.23. The Balaban J connectivity index is 1.92. The van der Waals surface area contributed by atoms with E-state index in [4.69, 9.17) is 4.74 Å². The van der Waals surface area contributed by atoms with Gasteiger partial charge in [-0.25, -0.2) is 4.79 Å². The number of halogens is 1. The average molecular weight is 392 g/mol. The van der Waals surface area contributed by atoms with Crippen molar-refractivity contribution < 1.29 is 24.2 Å². The number of Topliss-reactive ketones (excluding diaryl/α,β-unsaturated/α-hetero) is 1. The van der Waals surface area contributed by atoms with Crippen LogP contribution in [0, 0.1) is 0 Å². The highest BCUT2D eigenvalue weighted by Gasteiger charge is 2.15. The van der Waals surface area contributed by atoms with Crippen LogP contribution in [0.4, 0.5) is 5.69 Å². The van der Waals surface area contributed by atoms with E-state index in [1.54, 1.807) is 30.3 Å². The first-order valence-corrected chi connectivity index (χ1v) is 7.72. The molecule has 0 aromatic heterocycles. The molecule has 1 amide bonds. The topological polar surface area (TPSA) is 92.7 Å². The summed E-state index contributed by atoms with van der Waals surface area (Å²) >= 11 is 3.18. The van der Waals surface area contributed by atoms with Crippen LogP contribution < -0.4 is 5.32 Å². The van der Waals surface area contributed by atoms with Crippen LogP contribution in [0.1, 0.15) is 27.6 Å². The Morgan fingerprint density at radius 3 is 2.42 bits per heavy atom. The lowest BCUT2D eigenvalue weighted by molar-refractivity contribution is -0.119. The summed E-state index contributed by atoms with van der Waals surface area (Å²) < 4.78 is 5.47. The molecule has 6 nitrogen and oxygen atoms in total. The van der Waals surface area contributed by atoms with Crippen molar-refractivity contribution in [1.29, 1.82) is 0 Å². The van der Waals surface area contributed by atoms with E-state index in [1.807, 2.05) is 0 Å². The van der Waals surface area contributed by atoms with Crippen LogP contribution in [-0.2, 0) is 9.53 Å². The van der Waals surface area contributed by atoms with Gasteiger partial charge in [0.1, 0.15) is 11.3 Å². The Labute approximate surface area is 146 Å². The summed E-state index contributed by atoms with van der Waals surface area (Å²) in [4.78, 5) is 34.8. The molecule has 0 aliphatic carbocycles. The van der Waals surface area contributed by atoms with Crippen LogP contribution in [0.15, 0.2) is 46.9 Å². The molecule has 0 bridgehead atoms. The molecular weight excluding hydrogens is 378 g/mol.